The van der Waals surface area contributed by atoms with Gasteiger partial charge in [0.25, 0.3) is 0 Å². The summed E-state index contributed by atoms with van der Waals surface area (Å²) in [4.78, 5) is 8.16. The van der Waals surface area contributed by atoms with E-state index in [1.165, 1.54) is 0 Å². The molecular formula is C12H12ClN3. The second-order valence-corrected chi connectivity index (χ2v) is 3.80. The van der Waals surface area contributed by atoms with Crippen molar-refractivity contribution in [2.24, 2.45) is 0 Å². The Hall–Kier alpha value is -1.45. The standard InChI is InChI=1S/C12H12ClN3/c13-12-9-14-6-4-10(12)7-15-8-11-3-1-2-5-16-11/h1-6,9,15H,7-8H2. The molecule has 1 N–H and O–H groups in total. The van der Waals surface area contributed by atoms with Gasteiger partial charge in [-0.25, -0.2) is 0 Å². The van der Waals surface area contributed by atoms with Gasteiger partial charge in [-0.1, -0.05) is 17.7 Å². The summed E-state index contributed by atoms with van der Waals surface area (Å²) in [5.41, 5.74) is 2.07. The molecular weight excluding hydrogens is 222 g/mol. The van der Waals surface area contributed by atoms with Crippen LogP contribution in [0.1, 0.15) is 11.3 Å². The van der Waals surface area contributed by atoms with Gasteiger partial charge in [-0.05, 0) is 23.8 Å². The zero-order valence-corrected chi connectivity index (χ0v) is 9.48. The zero-order valence-electron chi connectivity index (χ0n) is 8.73. The number of aromatic nitrogens is 2. The van der Waals surface area contributed by atoms with Crippen LogP contribution in [0.2, 0.25) is 5.02 Å². The Bertz CT molecular complexity index is 445. The quantitative estimate of drug-likeness (QED) is 0.882. The molecule has 2 rings (SSSR count). The number of rotatable bonds is 4. The third kappa shape index (κ3) is 3.02. The monoisotopic (exact) mass is 233 g/mol. The van der Waals surface area contributed by atoms with E-state index >= 15 is 0 Å². The van der Waals surface area contributed by atoms with Crippen LogP contribution >= 0.6 is 11.6 Å². The molecule has 0 radical (unpaired) electrons. The molecule has 0 saturated heterocycles. The molecule has 2 heterocycles. The van der Waals surface area contributed by atoms with Crippen LogP contribution in [0.4, 0.5) is 0 Å². The third-order valence-corrected chi connectivity index (χ3v) is 2.54. The second-order valence-electron chi connectivity index (χ2n) is 3.39. The van der Waals surface area contributed by atoms with Crippen molar-refractivity contribution in [3.05, 3.63) is 59.1 Å². The Morgan fingerprint density at radius 3 is 2.81 bits per heavy atom. The van der Waals surface area contributed by atoms with Crippen molar-refractivity contribution >= 4 is 11.6 Å². The first kappa shape index (κ1) is 11.0. The van der Waals surface area contributed by atoms with E-state index in [0.29, 0.717) is 5.02 Å². The van der Waals surface area contributed by atoms with E-state index in [1.807, 2.05) is 24.3 Å². The molecule has 0 amide bonds. The molecule has 82 valence electrons. The summed E-state index contributed by atoms with van der Waals surface area (Å²) >= 11 is 5.99. The highest BCUT2D eigenvalue weighted by atomic mass is 35.5. The molecule has 0 aliphatic rings. The van der Waals surface area contributed by atoms with E-state index < -0.39 is 0 Å². The molecule has 2 aromatic rings. The molecule has 0 aromatic carbocycles. The van der Waals surface area contributed by atoms with Gasteiger partial charge in [0.1, 0.15) is 0 Å². The molecule has 0 aliphatic heterocycles. The van der Waals surface area contributed by atoms with Crippen LogP contribution in [-0.2, 0) is 13.1 Å². The predicted octanol–water partition coefficient (Wildman–Crippen LogP) is 2.42. The highest BCUT2D eigenvalue weighted by molar-refractivity contribution is 6.31. The first-order valence-electron chi connectivity index (χ1n) is 5.05. The van der Waals surface area contributed by atoms with Crippen molar-refractivity contribution in [3.63, 3.8) is 0 Å². The summed E-state index contributed by atoms with van der Waals surface area (Å²) in [7, 11) is 0. The minimum atomic E-state index is 0.691. The van der Waals surface area contributed by atoms with Crippen molar-refractivity contribution < 1.29 is 0 Å². The highest BCUT2D eigenvalue weighted by Crippen LogP contribution is 2.12. The molecule has 0 unspecified atom stereocenters. The van der Waals surface area contributed by atoms with Crippen LogP contribution in [0.5, 0.6) is 0 Å². The Labute approximate surface area is 99.5 Å². The number of pyridine rings is 2. The molecule has 16 heavy (non-hydrogen) atoms. The second kappa shape index (κ2) is 5.58. The van der Waals surface area contributed by atoms with E-state index in [4.69, 9.17) is 11.6 Å². The molecule has 0 fully saturated rings. The van der Waals surface area contributed by atoms with E-state index in [2.05, 4.69) is 15.3 Å². The molecule has 0 spiro atoms. The number of hydrogen-bond acceptors (Lipinski definition) is 3. The van der Waals surface area contributed by atoms with Crippen molar-refractivity contribution in [3.8, 4) is 0 Å². The van der Waals surface area contributed by atoms with Gasteiger partial charge in [-0.2, -0.15) is 0 Å². The Balaban J connectivity index is 1.87. The lowest BCUT2D eigenvalue weighted by Crippen LogP contribution is -2.13. The predicted molar refractivity (Wildman–Crippen MR) is 64.0 cm³/mol. The molecule has 0 saturated carbocycles. The number of halogens is 1. The van der Waals surface area contributed by atoms with E-state index in [-0.39, 0.29) is 0 Å². The molecule has 0 bridgehead atoms. The maximum atomic E-state index is 5.99. The van der Waals surface area contributed by atoms with Gasteiger partial charge < -0.3 is 5.32 Å². The zero-order chi connectivity index (χ0) is 11.2. The fourth-order valence-electron chi connectivity index (χ4n) is 1.38. The Morgan fingerprint density at radius 1 is 1.12 bits per heavy atom. The van der Waals surface area contributed by atoms with Gasteiger partial charge in [-0.3, -0.25) is 9.97 Å². The normalized spacial score (nSPS) is 10.3. The summed E-state index contributed by atoms with van der Waals surface area (Å²) < 4.78 is 0. The SMILES string of the molecule is Clc1cnccc1CNCc1ccccn1. The molecule has 4 heteroatoms. The maximum absolute atomic E-state index is 5.99. The fourth-order valence-corrected chi connectivity index (χ4v) is 1.56. The van der Waals surface area contributed by atoms with Gasteiger partial charge in [0.2, 0.25) is 0 Å². The summed E-state index contributed by atoms with van der Waals surface area (Å²) in [5, 5.41) is 3.97. The highest BCUT2D eigenvalue weighted by Gasteiger charge is 1.99. The minimum Gasteiger partial charge on any atom is -0.307 e. The summed E-state index contributed by atoms with van der Waals surface area (Å²) in [6.07, 6.45) is 5.18. The number of hydrogen-bond donors (Lipinski definition) is 1. The smallest absolute Gasteiger partial charge is 0.0634 e. The average molecular weight is 234 g/mol. The van der Waals surface area contributed by atoms with Crippen LogP contribution in [0.15, 0.2) is 42.9 Å². The molecule has 0 atom stereocenters. The lowest BCUT2D eigenvalue weighted by molar-refractivity contribution is 0.679. The van der Waals surface area contributed by atoms with Crippen LogP contribution in [0.3, 0.4) is 0 Å². The summed E-state index contributed by atoms with van der Waals surface area (Å²) in [6.45, 7) is 1.46. The van der Waals surface area contributed by atoms with E-state index in [0.717, 1.165) is 24.3 Å². The fraction of sp³-hybridized carbons (Fsp3) is 0.167. The summed E-state index contributed by atoms with van der Waals surface area (Å²) in [6, 6.07) is 7.78. The lowest BCUT2D eigenvalue weighted by atomic mass is 10.2. The van der Waals surface area contributed by atoms with Crippen LogP contribution in [0, 0.1) is 0 Å². The van der Waals surface area contributed by atoms with Gasteiger partial charge in [0.15, 0.2) is 0 Å². The third-order valence-electron chi connectivity index (χ3n) is 2.20. The van der Waals surface area contributed by atoms with E-state index in [9.17, 15) is 0 Å². The molecule has 0 aliphatic carbocycles. The van der Waals surface area contributed by atoms with Crippen molar-refractivity contribution in [2.45, 2.75) is 13.1 Å². The summed E-state index contributed by atoms with van der Waals surface area (Å²) in [5.74, 6) is 0. The van der Waals surface area contributed by atoms with Gasteiger partial charge in [0.05, 0.1) is 10.7 Å². The number of nitrogens with one attached hydrogen (secondary N) is 1. The van der Waals surface area contributed by atoms with Crippen molar-refractivity contribution in [1.82, 2.24) is 15.3 Å². The van der Waals surface area contributed by atoms with Crippen molar-refractivity contribution in [2.75, 3.05) is 0 Å². The molecule has 3 nitrogen and oxygen atoms in total. The van der Waals surface area contributed by atoms with Gasteiger partial charge >= 0.3 is 0 Å². The van der Waals surface area contributed by atoms with E-state index in [1.54, 1.807) is 18.6 Å². The molecule has 2 aromatic heterocycles. The minimum absolute atomic E-state index is 0.691. The van der Waals surface area contributed by atoms with Gasteiger partial charge in [0, 0.05) is 31.7 Å². The van der Waals surface area contributed by atoms with Crippen LogP contribution in [-0.4, -0.2) is 9.97 Å². The Kier molecular flexibility index (Phi) is 3.86. The Morgan fingerprint density at radius 2 is 2.06 bits per heavy atom. The van der Waals surface area contributed by atoms with Crippen molar-refractivity contribution in [1.29, 1.82) is 0 Å². The topological polar surface area (TPSA) is 37.8 Å². The first-order chi connectivity index (χ1) is 7.86. The first-order valence-corrected chi connectivity index (χ1v) is 5.43. The van der Waals surface area contributed by atoms with Crippen LogP contribution < -0.4 is 5.32 Å². The van der Waals surface area contributed by atoms with Crippen LogP contribution in [0.25, 0.3) is 0 Å². The van der Waals surface area contributed by atoms with Gasteiger partial charge in [-0.15, -0.1) is 0 Å². The number of nitrogens with zero attached hydrogens (tertiary/aromatic N) is 2. The average Bonchev–Trinajstić information content (AvgIpc) is 2.33. The maximum Gasteiger partial charge on any atom is 0.0634 e. The largest absolute Gasteiger partial charge is 0.307 e. The lowest BCUT2D eigenvalue weighted by Gasteiger charge is -2.05.